The van der Waals surface area contributed by atoms with Crippen LogP contribution in [0.4, 0.5) is 5.69 Å². The molecule has 0 radical (unpaired) electrons. The second kappa shape index (κ2) is 6.34. The first-order valence-electron chi connectivity index (χ1n) is 8.15. The number of phenols is 1. The number of hydrogen-bond donors (Lipinski definition) is 4. The molecule has 24 heavy (non-hydrogen) atoms. The predicted molar refractivity (Wildman–Crippen MR) is 94.1 cm³/mol. The number of anilines is 1. The van der Waals surface area contributed by atoms with Crippen molar-refractivity contribution in [3.05, 3.63) is 53.6 Å². The lowest BCUT2D eigenvalue weighted by molar-refractivity contribution is -0.0644. The molecule has 0 saturated carbocycles. The summed E-state index contributed by atoms with van der Waals surface area (Å²) in [6, 6.07) is 13.1. The number of fused-ring (bicyclic) bond motifs is 1. The van der Waals surface area contributed by atoms with Crippen LogP contribution in [0.25, 0.3) is 0 Å². The summed E-state index contributed by atoms with van der Waals surface area (Å²) in [6.45, 7) is 4.38. The van der Waals surface area contributed by atoms with Crippen LogP contribution in [0.2, 0.25) is 0 Å². The largest absolute Gasteiger partial charge is 0.506 e. The minimum Gasteiger partial charge on any atom is -0.506 e. The van der Waals surface area contributed by atoms with Gasteiger partial charge in [0.2, 0.25) is 0 Å². The van der Waals surface area contributed by atoms with Crippen molar-refractivity contribution in [2.75, 3.05) is 12.3 Å². The Balaban J connectivity index is 1.82. The van der Waals surface area contributed by atoms with Crippen LogP contribution in [0.1, 0.15) is 31.0 Å². The zero-order valence-corrected chi connectivity index (χ0v) is 14.0. The van der Waals surface area contributed by atoms with E-state index in [1.54, 1.807) is 6.07 Å². The maximum Gasteiger partial charge on any atom is 0.142 e. The molecule has 1 heterocycles. The van der Waals surface area contributed by atoms with Gasteiger partial charge in [-0.15, -0.1) is 0 Å². The molecule has 2 atom stereocenters. The summed E-state index contributed by atoms with van der Waals surface area (Å²) in [6.07, 6.45) is 0.124. The smallest absolute Gasteiger partial charge is 0.142 e. The standard InChI is InChI=1S/C19H24N2O3/c1-19(2)18(23)17(21-9-8-12-6-4-3-5-7-12)13-10-14(20)15(22)11-16(13)24-19/h3-7,10-11,17-18,21-23H,8-9,20H2,1-2H3. The molecule has 5 N–H and O–H groups in total. The van der Waals surface area contributed by atoms with Gasteiger partial charge in [0.1, 0.15) is 23.2 Å². The Kier molecular flexibility index (Phi) is 4.39. The van der Waals surface area contributed by atoms with Crippen molar-refractivity contribution in [1.82, 2.24) is 5.32 Å². The molecule has 3 rings (SSSR count). The molecule has 2 aromatic carbocycles. The van der Waals surface area contributed by atoms with Crippen molar-refractivity contribution < 1.29 is 14.9 Å². The number of aromatic hydroxyl groups is 1. The molecule has 1 aliphatic rings. The van der Waals surface area contributed by atoms with Gasteiger partial charge in [0.25, 0.3) is 0 Å². The average Bonchev–Trinajstić information content (AvgIpc) is 2.54. The lowest BCUT2D eigenvalue weighted by atomic mass is 9.86. The summed E-state index contributed by atoms with van der Waals surface area (Å²) >= 11 is 0. The van der Waals surface area contributed by atoms with Crippen LogP contribution in [0.15, 0.2) is 42.5 Å². The third-order valence-electron chi connectivity index (χ3n) is 4.52. The summed E-state index contributed by atoms with van der Waals surface area (Å²) < 4.78 is 5.86. The molecule has 5 heteroatoms. The number of phenolic OH excluding ortho intramolecular Hbond substituents is 1. The Labute approximate surface area is 142 Å². The average molecular weight is 328 g/mol. The van der Waals surface area contributed by atoms with Gasteiger partial charge in [-0.05, 0) is 38.4 Å². The Morgan fingerprint density at radius 2 is 1.92 bits per heavy atom. The number of nitrogen functional groups attached to an aromatic ring is 1. The highest BCUT2D eigenvalue weighted by Crippen LogP contribution is 2.43. The van der Waals surface area contributed by atoms with Crippen LogP contribution in [0, 0.1) is 0 Å². The summed E-state index contributed by atoms with van der Waals surface area (Å²) in [4.78, 5) is 0. The molecule has 0 amide bonds. The number of ether oxygens (including phenoxy) is 1. The third kappa shape index (κ3) is 3.18. The van der Waals surface area contributed by atoms with Gasteiger partial charge in [0, 0.05) is 11.6 Å². The van der Waals surface area contributed by atoms with E-state index in [0.717, 1.165) is 12.0 Å². The van der Waals surface area contributed by atoms with E-state index in [0.29, 0.717) is 12.3 Å². The lowest BCUT2D eigenvalue weighted by Gasteiger charge is -2.42. The van der Waals surface area contributed by atoms with Crippen molar-refractivity contribution >= 4 is 5.69 Å². The van der Waals surface area contributed by atoms with Crippen molar-refractivity contribution in [2.45, 2.75) is 38.0 Å². The van der Waals surface area contributed by atoms with E-state index in [1.807, 2.05) is 32.0 Å². The topological polar surface area (TPSA) is 87.7 Å². The highest BCUT2D eigenvalue weighted by molar-refractivity contribution is 5.60. The van der Waals surface area contributed by atoms with Gasteiger partial charge >= 0.3 is 0 Å². The van der Waals surface area contributed by atoms with Crippen molar-refractivity contribution in [1.29, 1.82) is 0 Å². The van der Waals surface area contributed by atoms with Crippen LogP contribution < -0.4 is 15.8 Å². The molecular formula is C19H24N2O3. The van der Waals surface area contributed by atoms with Crippen LogP contribution >= 0.6 is 0 Å². The van der Waals surface area contributed by atoms with Gasteiger partial charge in [0.15, 0.2) is 0 Å². The highest BCUT2D eigenvalue weighted by atomic mass is 16.5. The maximum atomic E-state index is 10.7. The quantitative estimate of drug-likeness (QED) is 0.511. The Morgan fingerprint density at radius 3 is 2.62 bits per heavy atom. The van der Waals surface area contributed by atoms with Crippen LogP contribution in [-0.2, 0) is 6.42 Å². The number of rotatable bonds is 4. The summed E-state index contributed by atoms with van der Waals surface area (Å²) in [5.74, 6) is 0.540. The fourth-order valence-corrected chi connectivity index (χ4v) is 3.09. The highest BCUT2D eigenvalue weighted by Gasteiger charge is 2.43. The Hall–Kier alpha value is -2.24. The molecule has 128 valence electrons. The van der Waals surface area contributed by atoms with Gasteiger partial charge in [0.05, 0.1) is 11.7 Å². The van der Waals surface area contributed by atoms with E-state index in [9.17, 15) is 10.2 Å². The number of nitrogens with one attached hydrogen (secondary N) is 1. The number of benzene rings is 2. The number of nitrogens with two attached hydrogens (primary N) is 1. The molecular weight excluding hydrogens is 304 g/mol. The first kappa shape index (κ1) is 16.6. The zero-order valence-electron chi connectivity index (χ0n) is 14.0. The second-order valence-corrected chi connectivity index (χ2v) is 6.77. The van der Waals surface area contributed by atoms with E-state index >= 15 is 0 Å². The first-order valence-corrected chi connectivity index (χ1v) is 8.15. The summed E-state index contributed by atoms with van der Waals surface area (Å²) in [5.41, 5.74) is 7.34. The van der Waals surface area contributed by atoms with E-state index in [4.69, 9.17) is 10.5 Å². The van der Waals surface area contributed by atoms with E-state index in [-0.39, 0.29) is 17.5 Å². The third-order valence-corrected chi connectivity index (χ3v) is 4.52. The Morgan fingerprint density at radius 1 is 1.21 bits per heavy atom. The molecule has 2 aromatic rings. The van der Waals surface area contributed by atoms with E-state index in [1.165, 1.54) is 11.6 Å². The van der Waals surface area contributed by atoms with Crippen LogP contribution in [0.5, 0.6) is 11.5 Å². The molecule has 5 nitrogen and oxygen atoms in total. The summed E-state index contributed by atoms with van der Waals surface area (Å²) in [7, 11) is 0. The molecule has 0 aromatic heterocycles. The molecule has 0 spiro atoms. The normalized spacial score (nSPS) is 21.8. The minimum absolute atomic E-state index is 0.0102. The Bertz CT molecular complexity index is 716. The zero-order chi connectivity index (χ0) is 17.3. The van der Waals surface area contributed by atoms with Gasteiger partial charge in [-0.25, -0.2) is 0 Å². The van der Waals surface area contributed by atoms with Crippen LogP contribution in [0.3, 0.4) is 0 Å². The molecule has 1 aliphatic heterocycles. The number of aliphatic hydroxyl groups excluding tert-OH is 1. The lowest BCUT2D eigenvalue weighted by Crippen LogP contribution is -2.52. The molecule has 0 saturated heterocycles. The summed E-state index contributed by atoms with van der Waals surface area (Å²) in [5, 5.41) is 24.0. The minimum atomic E-state index is -0.764. The van der Waals surface area contributed by atoms with E-state index in [2.05, 4.69) is 17.4 Å². The molecule has 2 unspecified atom stereocenters. The second-order valence-electron chi connectivity index (χ2n) is 6.77. The maximum absolute atomic E-state index is 10.7. The molecule has 0 aliphatic carbocycles. The molecule has 0 bridgehead atoms. The molecule has 0 fully saturated rings. The SMILES string of the molecule is CC1(C)Oc2cc(O)c(N)cc2C(NCCc2ccccc2)C1O. The predicted octanol–water partition coefficient (Wildman–Crippen LogP) is 2.38. The van der Waals surface area contributed by atoms with Crippen molar-refractivity contribution in [2.24, 2.45) is 0 Å². The number of aliphatic hydroxyl groups is 1. The van der Waals surface area contributed by atoms with Gasteiger partial charge in [-0.1, -0.05) is 30.3 Å². The van der Waals surface area contributed by atoms with Crippen LogP contribution in [-0.4, -0.2) is 28.5 Å². The monoisotopic (exact) mass is 328 g/mol. The van der Waals surface area contributed by atoms with Gasteiger partial charge in [-0.2, -0.15) is 0 Å². The number of hydrogen-bond acceptors (Lipinski definition) is 5. The fourth-order valence-electron chi connectivity index (χ4n) is 3.09. The van der Waals surface area contributed by atoms with Gasteiger partial charge in [-0.3, -0.25) is 0 Å². The first-order chi connectivity index (χ1) is 11.4. The van der Waals surface area contributed by atoms with Gasteiger partial charge < -0.3 is 26.0 Å². The van der Waals surface area contributed by atoms with Crippen molar-refractivity contribution in [3.63, 3.8) is 0 Å². The van der Waals surface area contributed by atoms with Crippen molar-refractivity contribution in [3.8, 4) is 11.5 Å². The fraction of sp³-hybridized carbons (Fsp3) is 0.368. The van der Waals surface area contributed by atoms with E-state index < -0.39 is 11.7 Å².